The van der Waals surface area contributed by atoms with Crippen molar-refractivity contribution in [2.45, 2.75) is 37.5 Å². The number of aliphatic hydroxyl groups excluding tert-OH is 1. The topological polar surface area (TPSA) is 71.5 Å². The average molecular weight is 330 g/mol. The highest BCUT2D eigenvalue weighted by atomic mass is 32.1. The number of amides is 1. The van der Waals surface area contributed by atoms with E-state index >= 15 is 0 Å². The number of carbonyl (C=O) groups excluding carboxylic acids is 1. The largest absolute Gasteiger partial charge is 0.390 e. The van der Waals surface area contributed by atoms with Gasteiger partial charge in [0.1, 0.15) is 16.8 Å². The summed E-state index contributed by atoms with van der Waals surface area (Å²) in [6.45, 7) is 0.761. The molecule has 0 saturated carbocycles. The normalized spacial score (nSPS) is 26.2. The monoisotopic (exact) mass is 330 g/mol. The van der Waals surface area contributed by atoms with Crippen LogP contribution in [0.5, 0.6) is 0 Å². The van der Waals surface area contributed by atoms with Crippen molar-refractivity contribution in [3.05, 3.63) is 51.5 Å². The van der Waals surface area contributed by atoms with Crippen molar-refractivity contribution in [3.8, 4) is 0 Å². The van der Waals surface area contributed by atoms with E-state index in [0.717, 1.165) is 35.6 Å². The summed E-state index contributed by atoms with van der Waals surface area (Å²) in [5, 5.41) is 15.8. The van der Waals surface area contributed by atoms with Crippen LogP contribution in [0.15, 0.2) is 29.6 Å². The van der Waals surface area contributed by atoms with E-state index in [1.165, 1.54) is 11.3 Å². The second kappa shape index (κ2) is 6.03. The summed E-state index contributed by atoms with van der Waals surface area (Å²) in [5.41, 5.74) is 2.48. The summed E-state index contributed by atoms with van der Waals surface area (Å²) < 4.78 is 5.61. The zero-order valence-corrected chi connectivity index (χ0v) is 13.4. The van der Waals surface area contributed by atoms with Crippen LogP contribution >= 0.6 is 11.3 Å². The van der Waals surface area contributed by atoms with Crippen LogP contribution in [-0.4, -0.2) is 28.7 Å². The lowest BCUT2D eigenvalue weighted by atomic mass is 10.1. The van der Waals surface area contributed by atoms with Crippen molar-refractivity contribution in [2.24, 2.45) is 0 Å². The van der Waals surface area contributed by atoms with Gasteiger partial charge in [-0.15, -0.1) is 11.3 Å². The highest BCUT2D eigenvalue weighted by Gasteiger charge is 2.32. The first kappa shape index (κ1) is 14.8. The zero-order valence-electron chi connectivity index (χ0n) is 12.6. The molecule has 2 heterocycles. The summed E-state index contributed by atoms with van der Waals surface area (Å²) in [6.07, 6.45) is 2.01. The van der Waals surface area contributed by atoms with E-state index in [4.69, 9.17) is 4.74 Å². The highest BCUT2D eigenvalue weighted by Crippen LogP contribution is 2.33. The Labute approximate surface area is 138 Å². The van der Waals surface area contributed by atoms with Crippen molar-refractivity contribution < 1.29 is 14.6 Å². The maximum Gasteiger partial charge on any atom is 0.271 e. The van der Waals surface area contributed by atoms with Gasteiger partial charge in [0.05, 0.1) is 12.1 Å². The van der Waals surface area contributed by atoms with Crippen molar-refractivity contribution in [3.63, 3.8) is 0 Å². The first-order valence-corrected chi connectivity index (χ1v) is 8.74. The lowest BCUT2D eigenvalue weighted by molar-refractivity contribution is 0.0852. The number of hydrogen-bond acceptors (Lipinski definition) is 5. The quantitative estimate of drug-likeness (QED) is 0.906. The SMILES string of the molecule is O=C(N[C@H]1c2ccccc2C[C@H]1O)c1csc(C2CCCO2)n1. The molecule has 1 saturated heterocycles. The van der Waals surface area contributed by atoms with Gasteiger partial charge in [0.2, 0.25) is 0 Å². The number of ether oxygens (including phenoxy) is 1. The van der Waals surface area contributed by atoms with Crippen molar-refractivity contribution in [1.82, 2.24) is 10.3 Å². The average Bonchev–Trinajstić information content (AvgIpc) is 3.27. The van der Waals surface area contributed by atoms with Crippen LogP contribution in [0.3, 0.4) is 0 Å². The molecular weight excluding hydrogens is 312 g/mol. The predicted octanol–water partition coefficient (Wildman–Crippen LogP) is 2.38. The number of aliphatic hydroxyl groups is 1. The van der Waals surface area contributed by atoms with Gasteiger partial charge in [-0.2, -0.15) is 0 Å². The molecule has 1 amide bonds. The summed E-state index contributed by atoms with van der Waals surface area (Å²) >= 11 is 1.46. The molecule has 6 heteroatoms. The molecule has 1 fully saturated rings. The molecule has 1 unspecified atom stereocenters. The molecule has 0 spiro atoms. The smallest absolute Gasteiger partial charge is 0.271 e. The summed E-state index contributed by atoms with van der Waals surface area (Å²) in [4.78, 5) is 16.9. The third-order valence-electron chi connectivity index (χ3n) is 4.45. The van der Waals surface area contributed by atoms with Crippen molar-refractivity contribution in [1.29, 1.82) is 0 Å². The van der Waals surface area contributed by atoms with E-state index in [2.05, 4.69) is 10.3 Å². The van der Waals surface area contributed by atoms with E-state index in [1.54, 1.807) is 5.38 Å². The molecule has 4 rings (SSSR count). The first-order valence-electron chi connectivity index (χ1n) is 7.86. The second-order valence-corrected chi connectivity index (χ2v) is 6.88. The molecule has 1 aliphatic carbocycles. The highest BCUT2D eigenvalue weighted by molar-refractivity contribution is 7.09. The number of nitrogens with one attached hydrogen (secondary N) is 1. The fourth-order valence-electron chi connectivity index (χ4n) is 3.28. The Morgan fingerprint density at radius 2 is 2.26 bits per heavy atom. The summed E-state index contributed by atoms with van der Waals surface area (Å²) in [6, 6.07) is 7.45. The van der Waals surface area contributed by atoms with Gasteiger partial charge >= 0.3 is 0 Å². The number of hydrogen-bond donors (Lipinski definition) is 2. The maximum atomic E-state index is 12.5. The van der Waals surface area contributed by atoms with Gasteiger partial charge in [-0.3, -0.25) is 4.79 Å². The number of rotatable bonds is 3. The van der Waals surface area contributed by atoms with Crippen LogP contribution in [0, 0.1) is 0 Å². The van der Waals surface area contributed by atoms with Crippen LogP contribution < -0.4 is 5.32 Å². The van der Waals surface area contributed by atoms with Gasteiger partial charge in [-0.05, 0) is 24.0 Å². The summed E-state index contributed by atoms with van der Waals surface area (Å²) in [7, 11) is 0. The Morgan fingerprint density at radius 1 is 1.39 bits per heavy atom. The Morgan fingerprint density at radius 3 is 3.09 bits per heavy atom. The predicted molar refractivity (Wildman–Crippen MR) is 86.4 cm³/mol. The Balaban J connectivity index is 1.50. The minimum absolute atomic E-state index is 0.0272. The molecule has 1 aromatic heterocycles. The molecule has 3 atom stereocenters. The molecule has 2 N–H and O–H groups in total. The number of thiazole rings is 1. The van der Waals surface area contributed by atoms with E-state index < -0.39 is 6.10 Å². The third kappa shape index (κ3) is 2.78. The number of benzene rings is 1. The number of aromatic nitrogens is 1. The van der Waals surface area contributed by atoms with Gasteiger partial charge in [0.25, 0.3) is 5.91 Å². The fraction of sp³-hybridized carbons (Fsp3) is 0.412. The van der Waals surface area contributed by atoms with Crippen LogP contribution in [0.25, 0.3) is 0 Å². The maximum absolute atomic E-state index is 12.5. The van der Waals surface area contributed by atoms with Gasteiger partial charge in [-0.25, -0.2) is 4.98 Å². The number of carbonyl (C=O) groups is 1. The molecular formula is C17H18N2O3S. The third-order valence-corrected chi connectivity index (χ3v) is 5.39. The van der Waals surface area contributed by atoms with Crippen LogP contribution in [-0.2, 0) is 11.2 Å². The lowest BCUT2D eigenvalue weighted by Crippen LogP contribution is -2.34. The fourth-order valence-corrected chi connectivity index (χ4v) is 4.16. The van der Waals surface area contributed by atoms with Gasteiger partial charge < -0.3 is 15.2 Å². The zero-order chi connectivity index (χ0) is 15.8. The number of nitrogens with zero attached hydrogens (tertiary/aromatic N) is 1. The minimum Gasteiger partial charge on any atom is -0.390 e. The summed E-state index contributed by atoms with van der Waals surface area (Å²) in [5.74, 6) is -0.244. The molecule has 0 bridgehead atoms. The van der Waals surface area contributed by atoms with Gasteiger partial charge in [0.15, 0.2) is 0 Å². The Bertz CT molecular complexity index is 724. The molecule has 23 heavy (non-hydrogen) atoms. The molecule has 5 nitrogen and oxygen atoms in total. The molecule has 0 radical (unpaired) electrons. The molecule has 2 aromatic rings. The molecule has 1 aromatic carbocycles. The van der Waals surface area contributed by atoms with Crippen molar-refractivity contribution >= 4 is 17.2 Å². The first-order chi connectivity index (χ1) is 11.2. The van der Waals surface area contributed by atoms with E-state index in [0.29, 0.717) is 12.1 Å². The molecule has 1 aliphatic heterocycles. The van der Waals surface area contributed by atoms with E-state index in [9.17, 15) is 9.90 Å². The van der Waals surface area contributed by atoms with Gasteiger partial charge in [0, 0.05) is 18.4 Å². The van der Waals surface area contributed by atoms with Crippen LogP contribution in [0.4, 0.5) is 0 Å². The van der Waals surface area contributed by atoms with E-state index in [-0.39, 0.29) is 18.1 Å². The minimum atomic E-state index is -0.590. The molecule has 2 aliphatic rings. The standard InChI is InChI=1S/C17H18N2O3S/c20-13-8-10-4-1-2-5-11(10)15(13)19-16(21)12-9-23-17(18-12)14-6-3-7-22-14/h1-2,4-5,9,13-15,20H,3,6-8H2,(H,19,21)/t13-,14?,15+/m1/s1. The number of fused-ring (bicyclic) bond motifs is 1. The second-order valence-electron chi connectivity index (χ2n) is 5.99. The Kier molecular flexibility index (Phi) is 3.88. The lowest BCUT2D eigenvalue weighted by Gasteiger charge is -2.17. The Hall–Kier alpha value is -1.76. The van der Waals surface area contributed by atoms with Crippen molar-refractivity contribution in [2.75, 3.05) is 6.61 Å². The van der Waals surface area contributed by atoms with Crippen LogP contribution in [0.1, 0.15) is 51.6 Å². The van der Waals surface area contributed by atoms with E-state index in [1.807, 2.05) is 24.3 Å². The van der Waals surface area contributed by atoms with Gasteiger partial charge in [-0.1, -0.05) is 24.3 Å². The van der Waals surface area contributed by atoms with Crippen LogP contribution in [0.2, 0.25) is 0 Å². The molecule has 120 valence electrons.